The SMILES string of the molecule is C=C(C)c1ccc(S(C)(=O)=NC)cc1. The molecule has 1 unspecified atom stereocenters. The topological polar surface area (TPSA) is 29.4 Å². The second-order valence-corrected chi connectivity index (χ2v) is 5.73. The zero-order chi connectivity index (χ0) is 10.8. The molecule has 2 nitrogen and oxygen atoms in total. The van der Waals surface area contributed by atoms with Gasteiger partial charge in [-0.15, -0.1) is 0 Å². The molecule has 0 radical (unpaired) electrons. The minimum atomic E-state index is -2.20. The normalized spacial score (nSPS) is 14.5. The third kappa shape index (κ3) is 2.23. The minimum absolute atomic E-state index is 0.769. The van der Waals surface area contributed by atoms with Crippen LogP contribution in [0.4, 0.5) is 0 Å². The molecule has 0 spiro atoms. The van der Waals surface area contributed by atoms with Crippen molar-refractivity contribution >= 4 is 15.3 Å². The summed E-state index contributed by atoms with van der Waals surface area (Å²) in [6.45, 7) is 5.79. The predicted molar refractivity (Wildman–Crippen MR) is 61.8 cm³/mol. The van der Waals surface area contributed by atoms with Crippen molar-refractivity contribution < 1.29 is 4.21 Å². The Morgan fingerprint density at radius 3 is 2.21 bits per heavy atom. The number of allylic oxidation sites excluding steroid dienone is 1. The molecule has 1 rings (SSSR count). The molecule has 0 aromatic heterocycles. The van der Waals surface area contributed by atoms with Crippen molar-refractivity contribution in [2.45, 2.75) is 11.8 Å². The summed E-state index contributed by atoms with van der Waals surface area (Å²) in [5, 5.41) is 0. The quantitative estimate of drug-likeness (QED) is 0.736. The Morgan fingerprint density at radius 1 is 1.36 bits per heavy atom. The van der Waals surface area contributed by atoms with Crippen molar-refractivity contribution in [3.63, 3.8) is 0 Å². The van der Waals surface area contributed by atoms with Crippen molar-refractivity contribution in [2.75, 3.05) is 13.3 Å². The molecule has 0 bridgehead atoms. The van der Waals surface area contributed by atoms with Gasteiger partial charge in [0.2, 0.25) is 0 Å². The van der Waals surface area contributed by atoms with Crippen molar-refractivity contribution in [2.24, 2.45) is 4.36 Å². The molecule has 0 N–H and O–H groups in total. The van der Waals surface area contributed by atoms with Crippen LogP contribution in [-0.4, -0.2) is 17.5 Å². The van der Waals surface area contributed by atoms with Crippen LogP contribution in [0.15, 0.2) is 40.1 Å². The first-order valence-electron chi connectivity index (χ1n) is 4.33. The van der Waals surface area contributed by atoms with Gasteiger partial charge >= 0.3 is 0 Å². The first kappa shape index (κ1) is 11.0. The number of benzene rings is 1. The lowest BCUT2D eigenvalue weighted by atomic mass is 10.1. The van der Waals surface area contributed by atoms with Gasteiger partial charge in [-0.3, -0.25) is 0 Å². The molecule has 0 aliphatic heterocycles. The third-order valence-corrected chi connectivity index (χ3v) is 3.98. The van der Waals surface area contributed by atoms with E-state index in [0.29, 0.717) is 0 Å². The summed E-state index contributed by atoms with van der Waals surface area (Å²) in [6.07, 6.45) is 1.64. The van der Waals surface area contributed by atoms with Crippen LogP contribution in [0.2, 0.25) is 0 Å². The Bertz CT molecular complexity index is 451. The van der Waals surface area contributed by atoms with Gasteiger partial charge in [-0.1, -0.05) is 24.3 Å². The van der Waals surface area contributed by atoms with Gasteiger partial charge in [-0.25, -0.2) is 8.57 Å². The van der Waals surface area contributed by atoms with Crippen LogP contribution >= 0.6 is 0 Å². The van der Waals surface area contributed by atoms with E-state index < -0.39 is 9.73 Å². The second-order valence-electron chi connectivity index (χ2n) is 3.29. The summed E-state index contributed by atoms with van der Waals surface area (Å²) >= 11 is 0. The van der Waals surface area contributed by atoms with Crippen molar-refractivity contribution in [3.05, 3.63) is 36.4 Å². The molecule has 0 aliphatic rings. The van der Waals surface area contributed by atoms with Crippen molar-refractivity contribution in [1.82, 2.24) is 0 Å². The van der Waals surface area contributed by atoms with Gasteiger partial charge < -0.3 is 0 Å². The van der Waals surface area contributed by atoms with Crippen LogP contribution < -0.4 is 0 Å². The zero-order valence-electron chi connectivity index (χ0n) is 8.78. The van der Waals surface area contributed by atoms with Gasteiger partial charge in [0, 0.05) is 18.2 Å². The van der Waals surface area contributed by atoms with Crippen molar-refractivity contribution in [1.29, 1.82) is 0 Å². The molecule has 3 heteroatoms. The molecule has 0 fully saturated rings. The molecule has 1 aromatic carbocycles. The van der Waals surface area contributed by atoms with Crippen LogP contribution in [0.3, 0.4) is 0 Å². The van der Waals surface area contributed by atoms with Gasteiger partial charge in [-0.05, 0) is 24.6 Å². The summed E-state index contributed by atoms with van der Waals surface area (Å²) < 4.78 is 15.7. The first-order valence-corrected chi connectivity index (χ1v) is 6.26. The molecule has 1 aromatic rings. The fourth-order valence-corrected chi connectivity index (χ4v) is 1.95. The third-order valence-electron chi connectivity index (χ3n) is 2.13. The molecule has 0 saturated heterocycles. The molecule has 0 amide bonds. The van der Waals surface area contributed by atoms with E-state index in [2.05, 4.69) is 10.9 Å². The second kappa shape index (κ2) is 3.96. The summed E-state index contributed by atoms with van der Waals surface area (Å²) in [5.41, 5.74) is 2.08. The Morgan fingerprint density at radius 2 is 1.86 bits per heavy atom. The predicted octanol–water partition coefficient (Wildman–Crippen LogP) is 2.81. The molecule has 0 saturated carbocycles. The summed E-state index contributed by atoms with van der Waals surface area (Å²) in [6, 6.07) is 7.54. The molecule has 0 heterocycles. The number of rotatable bonds is 2. The fourth-order valence-electron chi connectivity index (χ4n) is 1.10. The average molecular weight is 209 g/mol. The minimum Gasteiger partial charge on any atom is -0.245 e. The van der Waals surface area contributed by atoms with Gasteiger partial charge in [0.1, 0.15) is 0 Å². The Balaban J connectivity index is 3.19. The average Bonchev–Trinajstić information content (AvgIpc) is 2.18. The maximum Gasteiger partial charge on any atom is 0.0720 e. The van der Waals surface area contributed by atoms with E-state index in [1.165, 1.54) is 0 Å². The maximum atomic E-state index is 11.8. The highest BCUT2D eigenvalue weighted by Crippen LogP contribution is 2.16. The molecular weight excluding hydrogens is 194 g/mol. The maximum absolute atomic E-state index is 11.8. The summed E-state index contributed by atoms with van der Waals surface area (Å²) in [5.74, 6) is 0. The number of nitrogens with zero attached hydrogens (tertiary/aromatic N) is 1. The van der Waals surface area contributed by atoms with E-state index in [0.717, 1.165) is 16.0 Å². The Kier molecular flexibility index (Phi) is 3.11. The highest BCUT2D eigenvalue weighted by Gasteiger charge is 2.03. The lowest BCUT2D eigenvalue weighted by molar-refractivity contribution is 0.680. The van der Waals surface area contributed by atoms with Gasteiger partial charge in [0.15, 0.2) is 0 Å². The van der Waals surface area contributed by atoms with E-state index in [-0.39, 0.29) is 0 Å². The lowest BCUT2D eigenvalue weighted by Gasteiger charge is -2.04. The molecule has 76 valence electrons. The van der Waals surface area contributed by atoms with Crippen LogP contribution in [0.5, 0.6) is 0 Å². The largest absolute Gasteiger partial charge is 0.245 e. The van der Waals surface area contributed by atoms with Crippen LogP contribution in [0.1, 0.15) is 12.5 Å². The van der Waals surface area contributed by atoms with Crippen LogP contribution in [-0.2, 0) is 9.73 Å². The highest BCUT2D eigenvalue weighted by molar-refractivity contribution is 7.93. The Labute approximate surface area is 85.8 Å². The molecule has 0 aliphatic carbocycles. The van der Waals surface area contributed by atoms with Gasteiger partial charge in [-0.2, -0.15) is 0 Å². The van der Waals surface area contributed by atoms with Crippen LogP contribution in [0.25, 0.3) is 5.57 Å². The van der Waals surface area contributed by atoms with E-state index in [9.17, 15) is 4.21 Å². The number of hydrogen-bond acceptors (Lipinski definition) is 2. The van der Waals surface area contributed by atoms with E-state index in [1.807, 2.05) is 31.2 Å². The number of hydrogen-bond donors (Lipinski definition) is 0. The van der Waals surface area contributed by atoms with Crippen LogP contribution in [0, 0.1) is 0 Å². The van der Waals surface area contributed by atoms with E-state index >= 15 is 0 Å². The monoisotopic (exact) mass is 209 g/mol. The fraction of sp³-hybridized carbons (Fsp3) is 0.273. The van der Waals surface area contributed by atoms with E-state index in [1.54, 1.807) is 13.3 Å². The summed E-state index contributed by atoms with van der Waals surface area (Å²) in [7, 11) is -0.617. The first-order chi connectivity index (χ1) is 6.47. The van der Waals surface area contributed by atoms with E-state index in [4.69, 9.17) is 0 Å². The highest BCUT2D eigenvalue weighted by atomic mass is 32.2. The molecular formula is C11H15NOS. The van der Waals surface area contributed by atoms with Crippen molar-refractivity contribution in [3.8, 4) is 0 Å². The van der Waals surface area contributed by atoms with Gasteiger partial charge in [0.25, 0.3) is 0 Å². The summed E-state index contributed by atoms with van der Waals surface area (Å²) in [4.78, 5) is 0.769. The smallest absolute Gasteiger partial charge is 0.0720 e. The molecule has 1 atom stereocenters. The molecule has 14 heavy (non-hydrogen) atoms. The zero-order valence-corrected chi connectivity index (χ0v) is 9.60. The van der Waals surface area contributed by atoms with Gasteiger partial charge in [0.05, 0.1) is 9.73 Å². The standard InChI is InChI=1S/C11H15NOS/c1-9(2)10-5-7-11(8-6-10)14(4,13)12-3/h5-8H,1H2,2-4H3. The lowest BCUT2D eigenvalue weighted by Crippen LogP contribution is -1.96. The Hall–Kier alpha value is -1.09.